The SMILES string of the molecule is C=C1/C(=[N+](C)\C=C/C)n2c3c(cccc3c3ccc(C)c(C)c32)C1(C)C. The van der Waals surface area contributed by atoms with E-state index in [-0.39, 0.29) is 5.41 Å². The van der Waals surface area contributed by atoms with Crippen molar-refractivity contribution in [2.24, 2.45) is 0 Å². The van der Waals surface area contributed by atoms with Crippen LogP contribution in [0.4, 0.5) is 0 Å². The van der Waals surface area contributed by atoms with E-state index in [0.717, 1.165) is 5.57 Å². The van der Waals surface area contributed by atoms with Crippen molar-refractivity contribution in [2.75, 3.05) is 7.05 Å². The fraction of sp³-hybridized carbons (Fsp3) is 0.292. The summed E-state index contributed by atoms with van der Waals surface area (Å²) in [6, 6.07) is 11.2. The lowest BCUT2D eigenvalue weighted by Gasteiger charge is -2.32. The van der Waals surface area contributed by atoms with Gasteiger partial charge in [0.1, 0.15) is 11.0 Å². The summed E-state index contributed by atoms with van der Waals surface area (Å²) < 4.78 is 4.65. The maximum absolute atomic E-state index is 4.54. The van der Waals surface area contributed by atoms with Crippen molar-refractivity contribution in [2.45, 2.75) is 40.0 Å². The highest BCUT2D eigenvalue weighted by Crippen LogP contribution is 2.45. The molecule has 0 fully saturated rings. The summed E-state index contributed by atoms with van der Waals surface area (Å²) in [5, 5.41) is 2.65. The molecule has 2 nitrogen and oxygen atoms in total. The molecule has 26 heavy (non-hydrogen) atoms. The molecule has 0 saturated carbocycles. The molecule has 4 rings (SSSR count). The lowest BCUT2D eigenvalue weighted by atomic mass is 9.75. The minimum Gasteiger partial charge on any atom is -0.237 e. The van der Waals surface area contributed by atoms with Gasteiger partial charge in [0.2, 0.25) is 0 Å². The molecule has 0 aliphatic carbocycles. The summed E-state index contributed by atoms with van der Waals surface area (Å²) in [6.07, 6.45) is 4.20. The highest BCUT2D eigenvalue weighted by Gasteiger charge is 2.42. The second-order valence-corrected chi connectivity index (χ2v) is 7.96. The molecule has 0 N–H and O–H groups in total. The van der Waals surface area contributed by atoms with Gasteiger partial charge in [-0.15, -0.1) is 0 Å². The molecule has 0 amide bonds. The minimum atomic E-state index is -0.113. The number of hydrogen-bond acceptors (Lipinski definition) is 0. The molecular weight excluding hydrogens is 316 g/mol. The number of hydrogen-bond donors (Lipinski definition) is 0. The Labute approximate surface area is 155 Å². The van der Waals surface area contributed by atoms with E-state index in [1.165, 1.54) is 44.3 Å². The Morgan fingerprint density at radius 3 is 2.42 bits per heavy atom. The fourth-order valence-corrected chi connectivity index (χ4v) is 4.38. The first-order chi connectivity index (χ1) is 12.3. The second kappa shape index (κ2) is 5.44. The van der Waals surface area contributed by atoms with Crippen LogP contribution in [0, 0.1) is 13.8 Å². The summed E-state index contributed by atoms with van der Waals surface area (Å²) in [4.78, 5) is 0. The first kappa shape index (κ1) is 16.8. The van der Waals surface area contributed by atoms with Gasteiger partial charge in [0.25, 0.3) is 5.84 Å². The van der Waals surface area contributed by atoms with Gasteiger partial charge in [0.05, 0.1) is 13.2 Å². The Balaban J connectivity index is 2.37. The molecule has 0 radical (unpaired) electrons. The molecule has 2 heteroatoms. The van der Waals surface area contributed by atoms with Crippen LogP contribution in [0.2, 0.25) is 0 Å². The molecule has 3 aromatic rings. The molecule has 2 aromatic carbocycles. The number of aryl methyl sites for hydroxylation is 2. The molecule has 1 aliphatic rings. The van der Waals surface area contributed by atoms with E-state index in [0.29, 0.717) is 0 Å². The van der Waals surface area contributed by atoms with Crippen molar-refractivity contribution in [3.8, 4) is 0 Å². The molecule has 1 aromatic heterocycles. The fourth-order valence-electron chi connectivity index (χ4n) is 4.38. The third-order valence-corrected chi connectivity index (χ3v) is 6.09. The van der Waals surface area contributed by atoms with Gasteiger partial charge in [-0.05, 0) is 50.1 Å². The maximum Gasteiger partial charge on any atom is 0.290 e. The van der Waals surface area contributed by atoms with Crippen molar-refractivity contribution >= 4 is 27.6 Å². The van der Waals surface area contributed by atoms with Crippen LogP contribution in [0.15, 0.2) is 54.8 Å². The zero-order valence-corrected chi connectivity index (χ0v) is 16.6. The average Bonchev–Trinajstić information content (AvgIpc) is 2.93. The van der Waals surface area contributed by atoms with Crippen LogP contribution < -0.4 is 0 Å². The zero-order chi connectivity index (χ0) is 18.8. The van der Waals surface area contributed by atoms with E-state index in [9.17, 15) is 0 Å². The normalized spacial score (nSPS) is 18.3. The minimum absolute atomic E-state index is 0.113. The van der Waals surface area contributed by atoms with Crippen molar-refractivity contribution in [1.29, 1.82) is 0 Å². The van der Waals surface area contributed by atoms with Crippen molar-refractivity contribution in [3.63, 3.8) is 0 Å². The monoisotopic (exact) mass is 343 g/mol. The molecule has 0 saturated heterocycles. The number of para-hydroxylation sites is 1. The number of benzene rings is 2. The Kier molecular flexibility index (Phi) is 3.52. The third-order valence-electron chi connectivity index (χ3n) is 6.09. The average molecular weight is 343 g/mol. The predicted octanol–water partition coefficient (Wildman–Crippen LogP) is 5.68. The summed E-state index contributed by atoms with van der Waals surface area (Å²) >= 11 is 0. The Morgan fingerprint density at radius 2 is 1.73 bits per heavy atom. The van der Waals surface area contributed by atoms with Crippen LogP contribution >= 0.6 is 0 Å². The van der Waals surface area contributed by atoms with Crippen LogP contribution in [-0.4, -0.2) is 22.0 Å². The first-order valence-corrected chi connectivity index (χ1v) is 9.27. The van der Waals surface area contributed by atoms with E-state index in [2.05, 4.69) is 100.0 Å². The van der Waals surface area contributed by atoms with Gasteiger partial charge in [0, 0.05) is 27.3 Å². The number of rotatable bonds is 1. The number of fused-ring (bicyclic) bond motifs is 3. The standard InChI is InChI=1S/C24H27N2/c1-8-14-25(7)23-17(4)24(5,6)20-11-9-10-18-19-13-12-15(2)16(3)21(19)26(23)22(18)20/h8-14H,4H2,1-3,5-7H3/q+1/b14-8-. The van der Waals surface area contributed by atoms with E-state index < -0.39 is 0 Å². The molecule has 1 aliphatic heterocycles. The van der Waals surface area contributed by atoms with Crippen molar-refractivity contribution in [1.82, 2.24) is 4.57 Å². The lowest BCUT2D eigenvalue weighted by Crippen LogP contribution is -2.38. The largest absolute Gasteiger partial charge is 0.290 e. The van der Waals surface area contributed by atoms with Crippen LogP contribution in [0.5, 0.6) is 0 Å². The quantitative estimate of drug-likeness (QED) is 0.502. The lowest BCUT2D eigenvalue weighted by molar-refractivity contribution is -0.424. The maximum atomic E-state index is 4.54. The molecular formula is C24H27N2+. The third kappa shape index (κ3) is 1.96. The van der Waals surface area contributed by atoms with Gasteiger partial charge in [-0.2, -0.15) is 4.57 Å². The van der Waals surface area contributed by atoms with E-state index in [1.54, 1.807) is 0 Å². The van der Waals surface area contributed by atoms with Gasteiger partial charge >= 0.3 is 0 Å². The molecule has 2 heterocycles. The van der Waals surface area contributed by atoms with E-state index in [1.807, 2.05) is 0 Å². The summed E-state index contributed by atoms with van der Waals surface area (Å²) in [5.74, 6) is 1.17. The van der Waals surface area contributed by atoms with Crippen LogP contribution in [0.25, 0.3) is 21.8 Å². The molecule has 132 valence electrons. The zero-order valence-electron chi connectivity index (χ0n) is 16.6. The highest BCUT2D eigenvalue weighted by molar-refractivity contribution is 6.20. The van der Waals surface area contributed by atoms with Crippen LogP contribution in [0.3, 0.4) is 0 Å². The Morgan fingerprint density at radius 1 is 1.04 bits per heavy atom. The summed E-state index contributed by atoms with van der Waals surface area (Å²) in [7, 11) is 2.12. The second-order valence-electron chi connectivity index (χ2n) is 7.96. The number of aromatic nitrogens is 1. The van der Waals surface area contributed by atoms with E-state index in [4.69, 9.17) is 0 Å². The van der Waals surface area contributed by atoms with Crippen LogP contribution in [0.1, 0.15) is 37.5 Å². The molecule has 0 unspecified atom stereocenters. The van der Waals surface area contributed by atoms with Crippen LogP contribution in [-0.2, 0) is 5.41 Å². The highest BCUT2D eigenvalue weighted by atomic mass is 15.2. The van der Waals surface area contributed by atoms with Crippen molar-refractivity contribution < 1.29 is 4.58 Å². The Hall–Kier alpha value is -2.61. The predicted molar refractivity (Wildman–Crippen MR) is 112 cm³/mol. The number of allylic oxidation sites excluding steroid dienone is 2. The first-order valence-electron chi connectivity index (χ1n) is 9.27. The van der Waals surface area contributed by atoms with Gasteiger partial charge < -0.3 is 0 Å². The smallest absolute Gasteiger partial charge is 0.237 e. The van der Waals surface area contributed by atoms with Gasteiger partial charge in [0.15, 0.2) is 0 Å². The van der Waals surface area contributed by atoms with Crippen molar-refractivity contribution in [3.05, 3.63) is 71.5 Å². The Bertz CT molecular complexity index is 1150. The summed E-state index contributed by atoms with van der Waals surface area (Å²) in [5.41, 5.74) is 7.67. The molecule has 0 bridgehead atoms. The van der Waals surface area contributed by atoms with Gasteiger partial charge in [-0.25, -0.2) is 4.58 Å². The molecule has 0 spiro atoms. The van der Waals surface area contributed by atoms with Gasteiger partial charge in [-0.3, -0.25) is 0 Å². The molecule has 0 atom stereocenters. The summed E-state index contributed by atoms with van der Waals surface area (Å²) in [6.45, 7) is 15.6. The van der Waals surface area contributed by atoms with Gasteiger partial charge in [-0.1, -0.05) is 38.6 Å². The topological polar surface area (TPSA) is 7.94 Å². The number of nitrogens with zero attached hydrogens (tertiary/aromatic N) is 2. The van der Waals surface area contributed by atoms with E-state index >= 15 is 0 Å².